The van der Waals surface area contributed by atoms with Gasteiger partial charge < -0.3 is 19.7 Å². The maximum Gasteiger partial charge on any atom is 0.253 e. The smallest absolute Gasteiger partial charge is 0.253 e. The first-order chi connectivity index (χ1) is 11.8. The van der Waals surface area contributed by atoms with E-state index in [2.05, 4.69) is 5.32 Å². The van der Waals surface area contributed by atoms with Gasteiger partial charge in [-0.05, 0) is 57.5 Å². The number of ether oxygens (including phenoxy) is 1. The van der Waals surface area contributed by atoms with Crippen LogP contribution in [0.3, 0.4) is 0 Å². The van der Waals surface area contributed by atoms with Crippen LogP contribution >= 0.6 is 0 Å². The van der Waals surface area contributed by atoms with E-state index in [9.17, 15) is 14.3 Å². The molecule has 1 aromatic heterocycles. The van der Waals surface area contributed by atoms with Crippen LogP contribution in [0, 0.1) is 19.7 Å². The number of halogens is 1. The van der Waals surface area contributed by atoms with E-state index in [1.165, 1.54) is 12.1 Å². The van der Waals surface area contributed by atoms with Crippen molar-refractivity contribution >= 4 is 5.91 Å². The van der Waals surface area contributed by atoms with Crippen LogP contribution in [-0.2, 0) is 4.74 Å². The molecular weight excluding hydrogens is 323 g/mol. The van der Waals surface area contributed by atoms with E-state index in [1.807, 2.05) is 25.3 Å². The summed E-state index contributed by atoms with van der Waals surface area (Å²) in [6.07, 6.45) is 0.392. The summed E-state index contributed by atoms with van der Waals surface area (Å²) in [6.45, 7) is 5.84. The summed E-state index contributed by atoms with van der Waals surface area (Å²) in [4.78, 5) is 12.8. The third kappa shape index (κ3) is 4.27. The standard InChI is InChI=1S/C19H25FN2O3/c1-13-11-17(18(24)21-19(3,9-10-23)12-25-4)14(2)22(13)16-7-5-15(20)6-8-16/h5-8,11,23H,9-10,12H2,1-4H3,(H,21,24). The maximum absolute atomic E-state index is 13.2. The average Bonchev–Trinajstić information content (AvgIpc) is 2.83. The summed E-state index contributed by atoms with van der Waals surface area (Å²) < 4.78 is 20.2. The number of hydrogen-bond donors (Lipinski definition) is 2. The molecule has 0 saturated heterocycles. The lowest BCUT2D eigenvalue weighted by molar-refractivity contribution is 0.0725. The van der Waals surface area contributed by atoms with Gasteiger partial charge in [-0.1, -0.05) is 0 Å². The van der Waals surface area contributed by atoms with Crippen molar-refractivity contribution in [3.05, 3.63) is 53.1 Å². The van der Waals surface area contributed by atoms with Gasteiger partial charge in [-0.3, -0.25) is 4.79 Å². The lowest BCUT2D eigenvalue weighted by atomic mass is 9.98. The highest BCUT2D eigenvalue weighted by Gasteiger charge is 2.28. The minimum absolute atomic E-state index is 0.0469. The van der Waals surface area contributed by atoms with E-state index < -0.39 is 5.54 Å². The molecule has 1 heterocycles. The fourth-order valence-corrected chi connectivity index (χ4v) is 3.06. The van der Waals surface area contributed by atoms with Crippen molar-refractivity contribution in [3.8, 4) is 5.69 Å². The van der Waals surface area contributed by atoms with Crippen LogP contribution in [0.1, 0.15) is 35.1 Å². The minimum atomic E-state index is -0.654. The molecule has 136 valence electrons. The second kappa shape index (κ2) is 7.80. The van der Waals surface area contributed by atoms with Gasteiger partial charge in [0, 0.05) is 30.8 Å². The first-order valence-electron chi connectivity index (χ1n) is 8.18. The van der Waals surface area contributed by atoms with Crippen molar-refractivity contribution in [2.24, 2.45) is 0 Å². The van der Waals surface area contributed by atoms with E-state index in [1.54, 1.807) is 25.3 Å². The van der Waals surface area contributed by atoms with E-state index in [4.69, 9.17) is 4.74 Å². The van der Waals surface area contributed by atoms with Crippen LogP contribution in [-0.4, -0.2) is 41.4 Å². The second-order valence-electron chi connectivity index (χ2n) is 6.52. The van der Waals surface area contributed by atoms with Gasteiger partial charge in [0.2, 0.25) is 0 Å². The Morgan fingerprint density at radius 2 is 1.96 bits per heavy atom. The quantitative estimate of drug-likeness (QED) is 0.809. The first-order valence-corrected chi connectivity index (χ1v) is 8.18. The van der Waals surface area contributed by atoms with Gasteiger partial charge in [0.15, 0.2) is 0 Å². The molecule has 0 spiro atoms. The summed E-state index contributed by atoms with van der Waals surface area (Å²) in [7, 11) is 1.56. The first kappa shape index (κ1) is 19.1. The number of nitrogens with zero attached hydrogens (tertiary/aromatic N) is 1. The molecular formula is C19H25FN2O3. The third-order valence-electron chi connectivity index (χ3n) is 4.30. The normalized spacial score (nSPS) is 13.5. The molecule has 0 aliphatic carbocycles. The fraction of sp³-hybridized carbons (Fsp3) is 0.421. The van der Waals surface area contributed by atoms with Gasteiger partial charge in [-0.2, -0.15) is 0 Å². The minimum Gasteiger partial charge on any atom is -0.396 e. The molecule has 0 fully saturated rings. The van der Waals surface area contributed by atoms with Gasteiger partial charge in [0.25, 0.3) is 5.91 Å². The van der Waals surface area contributed by atoms with E-state index in [0.717, 1.165) is 17.1 Å². The molecule has 2 rings (SSSR count). The van der Waals surface area contributed by atoms with Crippen LogP contribution in [0.25, 0.3) is 5.69 Å². The highest BCUT2D eigenvalue weighted by atomic mass is 19.1. The fourth-order valence-electron chi connectivity index (χ4n) is 3.06. The van der Waals surface area contributed by atoms with Gasteiger partial charge >= 0.3 is 0 Å². The monoisotopic (exact) mass is 348 g/mol. The average molecular weight is 348 g/mol. The summed E-state index contributed by atoms with van der Waals surface area (Å²) in [6, 6.07) is 7.95. The molecule has 25 heavy (non-hydrogen) atoms. The zero-order valence-corrected chi connectivity index (χ0v) is 15.1. The molecule has 0 saturated carbocycles. The van der Waals surface area contributed by atoms with Gasteiger partial charge in [0.05, 0.1) is 17.7 Å². The molecule has 2 aromatic rings. The number of aliphatic hydroxyl groups is 1. The molecule has 0 bridgehead atoms. The molecule has 0 aliphatic heterocycles. The van der Waals surface area contributed by atoms with Crippen molar-refractivity contribution in [1.29, 1.82) is 0 Å². The van der Waals surface area contributed by atoms with E-state index in [0.29, 0.717) is 18.6 Å². The Hall–Kier alpha value is -2.18. The van der Waals surface area contributed by atoms with Crippen molar-refractivity contribution in [3.63, 3.8) is 0 Å². The van der Waals surface area contributed by atoms with Gasteiger partial charge in [0.1, 0.15) is 5.82 Å². The van der Waals surface area contributed by atoms with E-state index >= 15 is 0 Å². The molecule has 5 nitrogen and oxygen atoms in total. The summed E-state index contributed by atoms with van der Waals surface area (Å²) in [5.74, 6) is -0.530. The lowest BCUT2D eigenvalue weighted by Crippen LogP contribution is -2.50. The Kier molecular flexibility index (Phi) is 5.98. The molecule has 1 amide bonds. The SMILES string of the molecule is COCC(C)(CCO)NC(=O)c1cc(C)n(-c2ccc(F)cc2)c1C. The molecule has 0 radical (unpaired) electrons. The molecule has 1 aromatic carbocycles. The van der Waals surface area contributed by atoms with Gasteiger partial charge in [-0.25, -0.2) is 4.39 Å². The number of aromatic nitrogens is 1. The van der Waals surface area contributed by atoms with Crippen molar-refractivity contribution in [2.75, 3.05) is 20.3 Å². The van der Waals surface area contributed by atoms with Crippen LogP contribution in [0.4, 0.5) is 4.39 Å². The second-order valence-corrected chi connectivity index (χ2v) is 6.52. The van der Waals surface area contributed by atoms with Crippen LogP contribution in [0.15, 0.2) is 30.3 Å². The zero-order valence-electron chi connectivity index (χ0n) is 15.1. The predicted molar refractivity (Wildman–Crippen MR) is 94.7 cm³/mol. The maximum atomic E-state index is 13.2. The lowest BCUT2D eigenvalue weighted by Gasteiger charge is -2.29. The summed E-state index contributed by atoms with van der Waals surface area (Å²) in [5.41, 5.74) is 2.33. The Morgan fingerprint density at radius 3 is 2.52 bits per heavy atom. The number of nitrogens with one attached hydrogen (secondary N) is 1. The third-order valence-corrected chi connectivity index (χ3v) is 4.30. The number of benzene rings is 1. The van der Waals surface area contributed by atoms with Crippen LogP contribution in [0.5, 0.6) is 0 Å². The number of aryl methyl sites for hydroxylation is 1. The number of hydrogen-bond acceptors (Lipinski definition) is 3. The Morgan fingerprint density at radius 1 is 1.32 bits per heavy atom. The topological polar surface area (TPSA) is 63.5 Å². The van der Waals surface area contributed by atoms with Crippen molar-refractivity contribution in [1.82, 2.24) is 9.88 Å². The molecule has 1 unspecified atom stereocenters. The number of amides is 1. The molecule has 1 atom stereocenters. The van der Waals surface area contributed by atoms with Crippen molar-refractivity contribution < 1.29 is 19.0 Å². The predicted octanol–water partition coefficient (Wildman–Crippen LogP) is 2.75. The van der Waals surface area contributed by atoms with Gasteiger partial charge in [-0.15, -0.1) is 0 Å². The van der Waals surface area contributed by atoms with Crippen LogP contribution in [0.2, 0.25) is 0 Å². The Bertz CT molecular complexity index is 732. The Labute approximate surface area is 147 Å². The van der Waals surface area contributed by atoms with Crippen LogP contribution < -0.4 is 5.32 Å². The molecule has 0 aliphatic rings. The number of aliphatic hydroxyl groups excluding tert-OH is 1. The molecule has 2 N–H and O–H groups in total. The highest BCUT2D eigenvalue weighted by Crippen LogP contribution is 2.22. The zero-order chi connectivity index (χ0) is 18.6. The van der Waals surface area contributed by atoms with Crippen molar-refractivity contribution in [2.45, 2.75) is 32.7 Å². The largest absolute Gasteiger partial charge is 0.396 e. The highest BCUT2D eigenvalue weighted by molar-refractivity contribution is 5.96. The summed E-state index contributed by atoms with van der Waals surface area (Å²) in [5, 5.41) is 12.2. The number of rotatable bonds is 7. The number of carbonyl (C=O) groups is 1. The number of methoxy groups -OCH3 is 1. The Balaban J connectivity index is 2.32. The molecule has 6 heteroatoms. The number of carbonyl (C=O) groups excluding carboxylic acids is 1. The summed E-state index contributed by atoms with van der Waals surface area (Å²) >= 11 is 0. The van der Waals surface area contributed by atoms with E-state index in [-0.39, 0.29) is 18.3 Å².